The van der Waals surface area contributed by atoms with Gasteiger partial charge in [0.15, 0.2) is 0 Å². The van der Waals surface area contributed by atoms with Crippen LogP contribution in [0.4, 0.5) is 0 Å². The number of phenols is 1. The van der Waals surface area contributed by atoms with E-state index >= 15 is 0 Å². The molecule has 0 bridgehead atoms. The highest BCUT2D eigenvalue weighted by molar-refractivity contribution is 6.61. The van der Waals surface area contributed by atoms with Crippen LogP contribution < -0.4 is 4.74 Å². The zero-order chi connectivity index (χ0) is 19.1. The van der Waals surface area contributed by atoms with Gasteiger partial charge in [0, 0.05) is 17.4 Å². The third-order valence-electron chi connectivity index (χ3n) is 5.94. The smallest absolute Gasteiger partial charge is 0.127 e. The lowest BCUT2D eigenvalue weighted by Crippen LogP contribution is -2.45. The summed E-state index contributed by atoms with van der Waals surface area (Å²) in [5.74, 6) is 1.33. The van der Waals surface area contributed by atoms with Gasteiger partial charge in [-0.1, -0.05) is 31.4 Å². The van der Waals surface area contributed by atoms with E-state index in [9.17, 15) is 5.11 Å². The molecule has 0 amide bonds. The number of aromatic hydroxyl groups is 1. The minimum absolute atomic E-state index is 0.0113. The SMILES string of the molecule is [B]C([B])([B])C1=CC2c3c(O)cc(CCCCC)cc3OC(C)(C)C2CC1. The van der Waals surface area contributed by atoms with E-state index in [0.717, 1.165) is 48.1 Å². The Balaban J connectivity index is 2.02. The Labute approximate surface area is 162 Å². The molecule has 132 valence electrons. The predicted octanol–water partition coefficient (Wildman–Crippen LogP) is 4.30. The van der Waals surface area contributed by atoms with Crippen molar-refractivity contribution < 1.29 is 9.84 Å². The van der Waals surface area contributed by atoms with Crippen LogP contribution in [-0.4, -0.2) is 34.2 Å². The van der Waals surface area contributed by atoms with E-state index in [1.807, 2.05) is 6.07 Å². The molecule has 1 aliphatic carbocycles. The molecule has 1 heterocycles. The van der Waals surface area contributed by atoms with Crippen molar-refractivity contribution >= 4 is 23.5 Å². The second-order valence-corrected chi connectivity index (χ2v) is 8.49. The summed E-state index contributed by atoms with van der Waals surface area (Å²) in [5.41, 5.74) is 2.48. The number of allylic oxidation sites excluding steroid dienone is 2. The van der Waals surface area contributed by atoms with Gasteiger partial charge in [-0.3, -0.25) is 0 Å². The molecule has 0 saturated heterocycles. The molecule has 2 nitrogen and oxygen atoms in total. The van der Waals surface area contributed by atoms with Crippen LogP contribution in [0.15, 0.2) is 23.8 Å². The number of hydrogen-bond acceptors (Lipinski definition) is 2. The molecule has 1 aliphatic heterocycles. The molecule has 2 aliphatic rings. The minimum atomic E-state index is -1.32. The van der Waals surface area contributed by atoms with Crippen molar-refractivity contribution in [3.05, 3.63) is 34.9 Å². The van der Waals surface area contributed by atoms with E-state index in [4.69, 9.17) is 28.3 Å². The maximum atomic E-state index is 10.8. The minimum Gasteiger partial charge on any atom is -0.507 e. The third kappa shape index (κ3) is 3.73. The van der Waals surface area contributed by atoms with Crippen molar-refractivity contribution in [2.75, 3.05) is 0 Å². The van der Waals surface area contributed by atoms with Gasteiger partial charge < -0.3 is 9.84 Å². The van der Waals surface area contributed by atoms with Gasteiger partial charge in [0.1, 0.15) is 17.1 Å². The molecular formula is C21H27B3O2. The van der Waals surface area contributed by atoms with Crippen LogP contribution in [0.1, 0.15) is 69.9 Å². The molecule has 1 N–H and O–H groups in total. The average molecular weight is 344 g/mol. The van der Waals surface area contributed by atoms with Crippen molar-refractivity contribution in [2.24, 2.45) is 5.92 Å². The first-order valence-electron chi connectivity index (χ1n) is 9.76. The normalized spacial score (nSPS) is 24.2. The monoisotopic (exact) mass is 344 g/mol. The first-order valence-corrected chi connectivity index (χ1v) is 9.76. The van der Waals surface area contributed by atoms with Crippen molar-refractivity contribution in [2.45, 2.75) is 75.9 Å². The number of unbranched alkanes of at least 4 members (excludes halogenated alkanes) is 2. The molecule has 0 fully saturated rings. The maximum Gasteiger partial charge on any atom is 0.127 e. The zero-order valence-electron chi connectivity index (χ0n) is 16.2. The van der Waals surface area contributed by atoms with Gasteiger partial charge in [-0.25, -0.2) is 0 Å². The van der Waals surface area contributed by atoms with Crippen LogP contribution in [0.25, 0.3) is 0 Å². The Morgan fingerprint density at radius 3 is 2.62 bits per heavy atom. The standard InChI is InChI=1S/C21H27B3O2/c1-4-5-6-7-13-10-17(25)19-15-12-14(21(22,23)24)8-9-16(15)20(2,3)26-18(19)11-13/h10-12,15-16,25H,4-9H2,1-3H3. The highest BCUT2D eigenvalue weighted by Gasteiger charge is 2.46. The van der Waals surface area contributed by atoms with E-state index < -0.39 is 5.11 Å². The molecule has 2 unspecified atom stereocenters. The summed E-state index contributed by atoms with van der Waals surface area (Å²) < 4.78 is 6.35. The quantitative estimate of drug-likeness (QED) is 0.491. The highest BCUT2D eigenvalue weighted by atomic mass is 16.5. The second kappa shape index (κ2) is 7.05. The molecule has 3 rings (SSSR count). The fraction of sp³-hybridized carbons (Fsp3) is 0.619. The Morgan fingerprint density at radius 2 is 1.96 bits per heavy atom. The third-order valence-corrected chi connectivity index (χ3v) is 5.94. The lowest BCUT2D eigenvalue weighted by atomic mass is 9.38. The Morgan fingerprint density at radius 1 is 1.23 bits per heavy atom. The van der Waals surface area contributed by atoms with Crippen LogP contribution in [0.2, 0.25) is 5.11 Å². The number of fused-ring (bicyclic) bond motifs is 3. The Bertz CT molecular complexity index is 704. The van der Waals surface area contributed by atoms with Gasteiger partial charge in [-0.2, -0.15) is 0 Å². The first kappa shape index (κ1) is 19.5. The number of benzene rings is 1. The molecule has 2 atom stereocenters. The molecule has 1 aromatic carbocycles. The van der Waals surface area contributed by atoms with Gasteiger partial charge in [0.2, 0.25) is 0 Å². The lowest BCUT2D eigenvalue weighted by Gasteiger charge is -2.48. The fourth-order valence-corrected chi connectivity index (χ4v) is 4.50. The van der Waals surface area contributed by atoms with E-state index in [0.29, 0.717) is 5.75 Å². The largest absolute Gasteiger partial charge is 0.507 e. The Kier molecular flexibility index (Phi) is 5.30. The van der Waals surface area contributed by atoms with Crippen LogP contribution >= 0.6 is 0 Å². The summed E-state index contributed by atoms with van der Waals surface area (Å²) in [7, 11) is 17.8. The van der Waals surface area contributed by atoms with Gasteiger partial charge in [-0.15, -0.1) is 5.11 Å². The van der Waals surface area contributed by atoms with Crippen molar-refractivity contribution in [3.8, 4) is 11.5 Å². The fourth-order valence-electron chi connectivity index (χ4n) is 4.50. The molecule has 0 saturated carbocycles. The van der Waals surface area contributed by atoms with E-state index in [1.54, 1.807) is 0 Å². The second-order valence-electron chi connectivity index (χ2n) is 8.49. The summed E-state index contributed by atoms with van der Waals surface area (Å²) in [4.78, 5) is 0. The van der Waals surface area contributed by atoms with E-state index in [2.05, 4.69) is 32.9 Å². The number of hydrogen-bond donors (Lipinski definition) is 1. The number of ether oxygens (including phenoxy) is 1. The number of aryl methyl sites for hydroxylation is 1. The summed E-state index contributed by atoms with van der Waals surface area (Å²) in [5, 5.41) is 9.47. The molecule has 0 aromatic heterocycles. The maximum absolute atomic E-state index is 10.8. The van der Waals surface area contributed by atoms with E-state index in [1.165, 1.54) is 12.8 Å². The van der Waals surface area contributed by atoms with Crippen LogP contribution in [0.5, 0.6) is 11.5 Å². The summed E-state index contributed by atoms with van der Waals surface area (Å²) in [6.45, 7) is 6.43. The molecule has 0 spiro atoms. The number of phenolic OH excluding ortho intramolecular Hbond substituents is 1. The topological polar surface area (TPSA) is 29.5 Å². The summed E-state index contributed by atoms with van der Waals surface area (Å²) in [6.07, 6.45) is 8.13. The molecule has 5 heteroatoms. The Hall–Kier alpha value is -1.25. The zero-order valence-corrected chi connectivity index (χ0v) is 16.2. The van der Waals surface area contributed by atoms with Crippen LogP contribution in [0.3, 0.4) is 0 Å². The van der Waals surface area contributed by atoms with Gasteiger partial charge in [0.25, 0.3) is 0 Å². The van der Waals surface area contributed by atoms with Gasteiger partial charge in [0.05, 0.1) is 23.5 Å². The first-order chi connectivity index (χ1) is 12.1. The molecule has 26 heavy (non-hydrogen) atoms. The average Bonchev–Trinajstić information content (AvgIpc) is 2.53. The van der Waals surface area contributed by atoms with Crippen molar-refractivity contribution in [1.29, 1.82) is 0 Å². The van der Waals surface area contributed by atoms with Crippen LogP contribution in [-0.2, 0) is 6.42 Å². The summed E-state index contributed by atoms with van der Waals surface area (Å²) in [6, 6.07) is 3.97. The number of rotatable bonds is 5. The summed E-state index contributed by atoms with van der Waals surface area (Å²) >= 11 is 0. The van der Waals surface area contributed by atoms with Crippen molar-refractivity contribution in [3.63, 3.8) is 0 Å². The van der Waals surface area contributed by atoms with E-state index in [-0.39, 0.29) is 17.4 Å². The van der Waals surface area contributed by atoms with Crippen LogP contribution in [0, 0.1) is 5.92 Å². The molecule has 6 radical (unpaired) electrons. The van der Waals surface area contributed by atoms with Gasteiger partial charge >= 0.3 is 0 Å². The molecule has 1 aromatic rings. The predicted molar refractivity (Wildman–Crippen MR) is 110 cm³/mol. The highest BCUT2D eigenvalue weighted by Crippen LogP contribution is 2.54. The molecular weight excluding hydrogens is 317 g/mol. The van der Waals surface area contributed by atoms with Gasteiger partial charge in [-0.05, 0) is 57.2 Å². The van der Waals surface area contributed by atoms with Crippen molar-refractivity contribution in [1.82, 2.24) is 0 Å². The lowest BCUT2D eigenvalue weighted by molar-refractivity contribution is 0.0106.